The maximum atomic E-state index is 12.4. The maximum absolute atomic E-state index is 12.4. The zero-order valence-corrected chi connectivity index (χ0v) is 21.5. The summed E-state index contributed by atoms with van der Waals surface area (Å²) in [6, 6.07) is 0.363. The van der Waals surface area contributed by atoms with E-state index in [1.165, 1.54) is 0 Å². The average molecular weight is 537 g/mol. The summed E-state index contributed by atoms with van der Waals surface area (Å²) >= 11 is 0. The molecule has 0 atom stereocenters. The lowest BCUT2D eigenvalue weighted by Gasteiger charge is -2.36. The summed E-state index contributed by atoms with van der Waals surface area (Å²) in [7, 11) is 0. The molecule has 174 valence electrons. The average Bonchev–Trinajstić information content (AvgIpc) is 3.46. The Morgan fingerprint density at radius 1 is 1.13 bits per heavy atom. The van der Waals surface area contributed by atoms with Crippen LogP contribution in [0.25, 0.3) is 0 Å². The zero-order valence-electron chi connectivity index (χ0n) is 19.2. The number of nitrogens with zero attached hydrogens (tertiary/aromatic N) is 3. The van der Waals surface area contributed by atoms with E-state index in [9.17, 15) is 9.59 Å². The van der Waals surface area contributed by atoms with Crippen LogP contribution in [0.1, 0.15) is 60.3 Å². The van der Waals surface area contributed by atoms with Crippen molar-refractivity contribution in [3.8, 4) is 0 Å². The summed E-state index contributed by atoms with van der Waals surface area (Å²) < 4.78 is 5.52. The number of nitrogens with one attached hydrogen (secondary N) is 2. The normalized spacial score (nSPS) is 17.8. The molecule has 0 unspecified atom stereocenters. The van der Waals surface area contributed by atoms with E-state index in [1.54, 1.807) is 4.90 Å². The van der Waals surface area contributed by atoms with Gasteiger partial charge in [-0.15, -0.1) is 24.0 Å². The third-order valence-electron chi connectivity index (χ3n) is 5.08. The Balaban J connectivity index is 0.00000450. The number of likely N-dealkylation sites (tertiary alicyclic amines) is 1. The van der Waals surface area contributed by atoms with Gasteiger partial charge in [-0.1, -0.05) is 0 Å². The van der Waals surface area contributed by atoms with Crippen LogP contribution in [0, 0.1) is 5.92 Å². The highest BCUT2D eigenvalue weighted by molar-refractivity contribution is 14.0. The second-order valence-corrected chi connectivity index (χ2v) is 8.96. The predicted molar refractivity (Wildman–Crippen MR) is 130 cm³/mol. The number of halogens is 1. The summed E-state index contributed by atoms with van der Waals surface area (Å²) in [4.78, 5) is 32.9. The van der Waals surface area contributed by atoms with Gasteiger partial charge in [0.15, 0.2) is 5.96 Å². The Morgan fingerprint density at radius 3 is 2.27 bits per heavy atom. The largest absolute Gasteiger partial charge is 0.444 e. The highest BCUT2D eigenvalue weighted by Gasteiger charge is 2.27. The van der Waals surface area contributed by atoms with Gasteiger partial charge in [-0.2, -0.15) is 0 Å². The molecule has 0 aromatic heterocycles. The van der Waals surface area contributed by atoms with Crippen molar-refractivity contribution in [1.29, 1.82) is 0 Å². The van der Waals surface area contributed by atoms with Crippen LogP contribution in [0.4, 0.5) is 4.79 Å². The molecule has 8 nitrogen and oxygen atoms in total. The van der Waals surface area contributed by atoms with Crippen LogP contribution in [0.15, 0.2) is 4.99 Å². The minimum Gasteiger partial charge on any atom is -0.444 e. The van der Waals surface area contributed by atoms with Crippen molar-refractivity contribution in [3.63, 3.8) is 0 Å². The van der Waals surface area contributed by atoms with Gasteiger partial charge in [-0.05, 0) is 66.2 Å². The van der Waals surface area contributed by atoms with Gasteiger partial charge in [-0.3, -0.25) is 4.79 Å². The molecule has 2 fully saturated rings. The SMILES string of the molecule is CCNC(=NCC(=O)NC1CC1)N1CCC(CN(CC)C(=O)OC(C)(C)C)CC1.I. The van der Waals surface area contributed by atoms with Crippen molar-refractivity contribution >= 4 is 41.9 Å². The van der Waals surface area contributed by atoms with E-state index in [0.717, 1.165) is 57.8 Å². The molecule has 2 N–H and O–H groups in total. The molecule has 0 aromatic rings. The summed E-state index contributed by atoms with van der Waals surface area (Å²) in [6.45, 7) is 13.7. The van der Waals surface area contributed by atoms with Crippen LogP contribution >= 0.6 is 24.0 Å². The van der Waals surface area contributed by atoms with E-state index >= 15 is 0 Å². The number of hydrogen-bond donors (Lipinski definition) is 2. The van der Waals surface area contributed by atoms with Crippen LogP contribution in [-0.2, 0) is 9.53 Å². The first-order chi connectivity index (χ1) is 13.7. The van der Waals surface area contributed by atoms with Gasteiger partial charge in [0, 0.05) is 38.8 Å². The van der Waals surface area contributed by atoms with E-state index in [-0.39, 0.29) is 42.5 Å². The Morgan fingerprint density at radius 2 is 1.77 bits per heavy atom. The topological polar surface area (TPSA) is 86.3 Å². The molecule has 2 rings (SSSR count). The molecule has 2 aliphatic rings. The highest BCUT2D eigenvalue weighted by Crippen LogP contribution is 2.20. The fraction of sp³-hybridized carbons (Fsp3) is 0.857. The molecule has 1 saturated heterocycles. The van der Waals surface area contributed by atoms with Crippen molar-refractivity contribution in [1.82, 2.24) is 20.4 Å². The van der Waals surface area contributed by atoms with Crippen LogP contribution in [0.5, 0.6) is 0 Å². The molecule has 1 saturated carbocycles. The lowest BCUT2D eigenvalue weighted by atomic mass is 9.96. The van der Waals surface area contributed by atoms with Crippen LogP contribution < -0.4 is 10.6 Å². The molecule has 0 bridgehead atoms. The van der Waals surface area contributed by atoms with Crippen LogP contribution in [-0.4, -0.2) is 78.7 Å². The molecule has 1 aliphatic carbocycles. The summed E-state index contributed by atoms with van der Waals surface area (Å²) in [5.74, 6) is 1.24. The summed E-state index contributed by atoms with van der Waals surface area (Å²) in [6.07, 6.45) is 3.90. The standard InChI is InChI=1S/C21H39N5O3.HI/c1-6-22-19(23-14-18(27)24-17-8-9-17)26-12-10-16(11-13-26)15-25(7-2)20(28)29-21(3,4)5;/h16-17H,6-15H2,1-5H3,(H,22,23)(H,24,27);1H. The van der Waals surface area contributed by atoms with Gasteiger partial charge >= 0.3 is 6.09 Å². The maximum Gasteiger partial charge on any atom is 0.410 e. The van der Waals surface area contributed by atoms with E-state index < -0.39 is 5.60 Å². The summed E-state index contributed by atoms with van der Waals surface area (Å²) in [5, 5.41) is 6.27. The highest BCUT2D eigenvalue weighted by atomic mass is 127. The molecular weight excluding hydrogens is 497 g/mol. The fourth-order valence-corrected chi connectivity index (χ4v) is 3.37. The van der Waals surface area contributed by atoms with Crippen molar-refractivity contribution < 1.29 is 14.3 Å². The van der Waals surface area contributed by atoms with E-state index in [2.05, 4.69) is 20.5 Å². The number of amides is 2. The molecule has 1 aliphatic heterocycles. The molecule has 0 radical (unpaired) electrons. The number of piperidine rings is 1. The Bertz CT molecular complexity index is 582. The van der Waals surface area contributed by atoms with Crippen molar-refractivity contribution in [3.05, 3.63) is 0 Å². The van der Waals surface area contributed by atoms with Gasteiger partial charge in [0.05, 0.1) is 0 Å². The fourth-order valence-electron chi connectivity index (χ4n) is 3.37. The number of rotatable bonds is 7. The number of carbonyl (C=O) groups is 2. The Kier molecular flexibility index (Phi) is 11.2. The molecule has 2 amide bonds. The molecule has 9 heteroatoms. The smallest absolute Gasteiger partial charge is 0.410 e. The molecule has 0 spiro atoms. The van der Waals surface area contributed by atoms with Crippen molar-refractivity contribution in [2.75, 3.05) is 39.3 Å². The Hall–Kier alpha value is -1.26. The summed E-state index contributed by atoms with van der Waals surface area (Å²) in [5.41, 5.74) is -0.475. The monoisotopic (exact) mass is 537 g/mol. The van der Waals surface area contributed by atoms with Gasteiger partial charge in [0.25, 0.3) is 0 Å². The van der Waals surface area contributed by atoms with E-state index in [1.807, 2.05) is 34.6 Å². The first kappa shape index (κ1) is 26.8. The zero-order chi connectivity index (χ0) is 21.4. The van der Waals surface area contributed by atoms with Gasteiger partial charge in [-0.25, -0.2) is 9.79 Å². The Labute approximate surface area is 198 Å². The second-order valence-electron chi connectivity index (χ2n) is 8.96. The second kappa shape index (κ2) is 12.6. The first-order valence-electron chi connectivity index (χ1n) is 11.0. The van der Waals surface area contributed by atoms with Crippen LogP contribution in [0.3, 0.4) is 0 Å². The van der Waals surface area contributed by atoms with Gasteiger partial charge < -0.3 is 25.2 Å². The lowest BCUT2D eigenvalue weighted by molar-refractivity contribution is -0.119. The van der Waals surface area contributed by atoms with Crippen LogP contribution in [0.2, 0.25) is 0 Å². The van der Waals surface area contributed by atoms with Gasteiger partial charge in [0.1, 0.15) is 12.1 Å². The third kappa shape index (κ3) is 9.70. The number of aliphatic imine (C=N–C) groups is 1. The molecule has 1 heterocycles. The van der Waals surface area contributed by atoms with Gasteiger partial charge in [0.2, 0.25) is 5.91 Å². The molecular formula is C21H40IN5O3. The third-order valence-corrected chi connectivity index (χ3v) is 5.08. The predicted octanol–water partition coefficient (Wildman–Crippen LogP) is 2.82. The number of hydrogen-bond acceptors (Lipinski definition) is 4. The number of ether oxygens (including phenoxy) is 1. The quantitative estimate of drug-likeness (QED) is 0.297. The first-order valence-corrected chi connectivity index (χ1v) is 11.0. The molecule has 0 aromatic carbocycles. The van der Waals surface area contributed by atoms with E-state index in [0.29, 0.717) is 18.5 Å². The minimum atomic E-state index is -0.475. The van der Waals surface area contributed by atoms with E-state index in [4.69, 9.17) is 4.74 Å². The molecule has 30 heavy (non-hydrogen) atoms. The van der Waals surface area contributed by atoms with Crippen molar-refractivity contribution in [2.24, 2.45) is 10.9 Å². The number of carbonyl (C=O) groups excluding carboxylic acids is 2. The van der Waals surface area contributed by atoms with Crippen molar-refractivity contribution in [2.45, 2.75) is 71.9 Å². The minimum absolute atomic E-state index is 0. The number of guanidine groups is 1. The lowest BCUT2D eigenvalue weighted by Crippen LogP contribution is -2.48.